The molecule has 10 heteroatoms. The number of morpholine rings is 1. The summed E-state index contributed by atoms with van der Waals surface area (Å²) < 4.78 is 17.9. The van der Waals surface area contributed by atoms with Crippen molar-refractivity contribution in [1.29, 1.82) is 0 Å². The molecule has 10 nitrogen and oxygen atoms in total. The molecule has 1 aromatic heterocycles. The first-order valence-corrected chi connectivity index (χ1v) is 9.35. The van der Waals surface area contributed by atoms with Crippen LogP contribution in [0.3, 0.4) is 0 Å². The van der Waals surface area contributed by atoms with E-state index < -0.39 is 0 Å². The highest BCUT2D eigenvalue weighted by molar-refractivity contribution is 5.75. The maximum Gasteiger partial charge on any atom is 0.242 e. The van der Waals surface area contributed by atoms with Gasteiger partial charge in [0.25, 0.3) is 0 Å². The third-order valence-electron chi connectivity index (χ3n) is 4.69. The van der Waals surface area contributed by atoms with Crippen molar-refractivity contribution in [2.24, 2.45) is 0 Å². The van der Waals surface area contributed by atoms with Gasteiger partial charge in [-0.3, -0.25) is 9.69 Å². The second-order valence-corrected chi connectivity index (χ2v) is 7.17. The van der Waals surface area contributed by atoms with Gasteiger partial charge >= 0.3 is 0 Å². The number of ether oxygens (including phenoxy) is 3. The standard InChI is InChI=1S/C18H24N6O4/c1-12-7-23(8-13(2)28-12)9-17-20-21-22-24(17)10-18(25)19-6-14-3-4-15-16(5-14)27-11-26-15/h3-5,12-13H,6-11H2,1-2H3,(H,19,25)/t12-,13+. The van der Waals surface area contributed by atoms with E-state index >= 15 is 0 Å². The minimum absolute atomic E-state index is 0.0718. The molecule has 0 unspecified atom stereocenters. The Bertz CT molecular complexity index is 831. The van der Waals surface area contributed by atoms with E-state index in [1.807, 2.05) is 18.2 Å². The first kappa shape index (κ1) is 18.6. The lowest BCUT2D eigenvalue weighted by molar-refractivity contribution is -0.122. The number of amides is 1. The maximum absolute atomic E-state index is 12.3. The van der Waals surface area contributed by atoms with Crippen molar-refractivity contribution in [3.05, 3.63) is 29.6 Å². The molecule has 1 saturated heterocycles. The number of benzene rings is 1. The molecule has 28 heavy (non-hydrogen) atoms. The molecule has 0 saturated carbocycles. The number of aromatic nitrogens is 4. The molecule has 1 fully saturated rings. The van der Waals surface area contributed by atoms with Gasteiger partial charge in [0.15, 0.2) is 17.3 Å². The molecular weight excluding hydrogens is 364 g/mol. The Labute approximate surface area is 162 Å². The van der Waals surface area contributed by atoms with Gasteiger partial charge in [0, 0.05) is 19.6 Å². The summed E-state index contributed by atoms with van der Waals surface area (Å²) >= 11 is 0. The summed E-state index contributed by atoms with van der Waals surface area (Å²) in [6.45, 7) is 7.01. The summed E-state index contributed by atoms with van der Waals surface area (Å²) in [6.07, 6.45) is 0.330. The van der Waals surface area contributed by atoms with Crippen LogP contribution < -0.4 is 14.8 Å². The summed E-state index contributed by atoms with van der Waals surface area (Å²) in [5, 5.41) is 14.7. The topological polar surface area (TPSA) is 104 Å². The molecule has 0 radical (unpaired) electrons. The van der Waals surface area contributed by atoms with Gasteiger partial charge in [-0.1, -0.05) is 6.07 Å². The Morgan fingerprint density at radius 2 is 2.00 bits per heavy atom. The van der Waals surface area contributed by atoms with Crippen molar-refractivity contribution in [1.82, 2.24) is 30.4 Å². The summed E-state index contributed by atoms with van der Waals surface area (Å²) in [6, 6.07) is 5.61. The SMILES string of the molecule is C[C@@H]1CN(Cc2nnnn2CC(=O)NCc2ccc3c(c2)OCO3)C[C@H](C)O1. The van der Waals surface area contributed by atoms with Crippen molar-refractivity contribution < 1.29 is 19.0 Å². The van der Waals surface area contributed by atoms with Crippen molar-refractivity contribution in [2.45, 2.75) is 45.7 Å². The van der Waals surface area contributed by atoms with Crippen molar-refractivity contribution in [3.63, 3.8) is 0 Å². The normalized spacial score (nSPS) is 21.6. The molecule has 0 spiro atoms. The number of hydrogen-bond donors (Lipinski definition) is 1. The second kappa shape index (κ2) is 8.11. The van der Waals surface area contributed by atoms with Gasteiger partial charge in [-0.05, 0) is 42.0 Å². The lowest BCUT2D eigenvalue weighted by Crippen LogP contribution is -2.45. The third-order valence-corrected chi connectivity index (χ3v) is 4.69. The number of tetrazole rings is 1. The molecule has 2 aliphatic heterocycles. The third kappa shape index (κ3) is 4.39. The van der Waals surface area contributed by atoms with Crippen LogP contribution in [-0.4, -0.2) is 63.1 Å². The Balaban J connectivity index is 1.31. The summed E-state index contributed by atoms with van der Waals surface area (Å²) in [7, 11) is 0. The maximum atomic E-state index is 12.3. The molecule has 4 rings (SSSR count). The van der Waals surface area contributed by atoms with E-state index in [-0.39, 0.29) is 31.5 Å². The van der Waals surface area contributed by atoms with Crippen LogP contribution in [0.1, 0.15) is 25.2 Å². The summed E-state index contributed by atoms with van der Waals surface area (Å²) in [5.74, 6) is 1.93. The van der Waals surface area contributed by atoms with E-state index in [0.717, 1.165) is 24.4 Å². The highest BCUT2D eigenvalue weighted by atomic mass is 16.7. The van der Waals surface area contributed by atoms with Gasteiger partial charge in [-0.25, -0.2) is 4.68 Å². The van der Waals surface area contributed by atoms with Gasteiger partial charge in [-0.15, -0.1) is 5.10 Å². The summed E-state index contributed by atoms with van der Waals surface area (Å²) in [5.41, 5.74) is 0.936. The highest BCUT2D eigenvalue weighted by Crippen LogP contribution is 2.32. The van der Waals surface area contributed by atoms with Crippen LogP contribution in [0.2, 0.25) is 0 Å². The average molecular weight is 388 g/mol. The minimum atomic E-state index is -0.157. The fourth-order valence-electron chi connectivity index (χ4n) is 3.52. The summed E-state index contributed by atoms with van der Waals surface area (Å²) in [4.78, 5) is 14.6. The molecule has 2 aromatic rings. The highest BCUT2D eigenvalue weighted by Gasteiger charge is 2.24. The van der Waals surface area contributed by atoms with Crippen LogP contribution in [0.4, 0.5) is 0 Å². The Morgan fingerprint density at radius 3 is 2.82 bits per heavy atom. The molecule has 1 aromatic carbocycles. The van der Waals surface area contributed by atoms with Crippen LogP contribution in [0.25, 0.3) is 0 Å². The number of nitrogens with one attached hydrogen (secondary N) is 1. The van der Waals surface area contributed by atoms with E-state index in [4.69, 9.17) is 14.2 Å². The van der Waals surface area contributed by atoms with Crippen LogP contribution in [0, 0.1) is 0 Å². The largest absolute Gasteiger partial charge is 0.454 e. The molecule has 1 N–H and O–H groups in total. The zero-order valence-electron chi connectivity index (χ0n) is 16.0. The van der Waals surface area contributed by atoms with E-state index in [1.54, 1.807) is 4.68 Å². The molecule has 150 valence electrons. The van der Waals surface area contributed by atoms with Gasteiger partial charge < -0.3 is 19.5 Å². The van der Waals surface area contributed by atoms with Crippen LogP contribution in [0.5, 0.6) is 11.5 Å². The number of rotatable bonds is 6. The predicted octanol–water partition coefficient (Wildman–Crippen LogP) is 0.327. The average Bonchev–Trinajstić information content (AvgIpc) is 3.28. The molecule has 0 aliphatic carbocycles. The molecule has 0 bridgehead atoms. The molecule has 3 heterocycles. The second-order valence-electron chi connectivity index (χ2n) is 7.17. The van der Waals surface area contributed by atoms with E-state index in [2.05, 4.69) is 39.6 Å². The first-order chi connectivity index (χ1) is 13.6. The lowest BCUT2D eigenvalue weighted by Gasteiger charge is -2.34. The number of carbonyl (C=O) groups excluding carboxylic acids is 1. The molecule has 1 amide bonds. The van der Waals surface area contributed by atoms with Crippen molar-refractivity contribution in [3.8, 4) is 11.5 Å². The Hall–Kier alpha value is -2.72. The number of carbonyl (C=O) groups is 1. The molecule has 2 aliphatic rings. The quantitative estimate of drug-likeness (QED) is 0.755. The Kier molecular flexibility index (Phi) is 5.40. The number of fused-ring (bicyclic) bond motifs is 1. The Morgan fingerprint density at radius 1 is 1.21 bits per heavy atom. The number of hydrogen-bond acceptors (Lipinski definition) is 8. The van der Waals surface area contributed by atoms with Gasteiger partial charge in [-0.2, -0.15) is 0 Å². The minimum Gasteiger partial charge on any atom is -0.454 e. The van der Waals surface area contributed by atoms with Crippen LogP contribution in [0.15, 0.2) is 18.2 Å². The zero-order valence-corrected chi connectivity index (χ0v) is 16.0. The molecular formula is C18H24N6O4. The van der Waals surface area contributed by atoms with Gasteiger partial charge in [0.1, 0.15) is 6.54 Å². The fourth-order valence-corrected chi connectivity index (χ4v) is 3.52. The smallest absolute Gasteiger partial charge is 0.242 e. The zero-order chi connectivity index (χ0) is 19.5. The predicted molar refractivity (Wildman–Crippen MR) is 97.5 cm³/mol. The van der Waals surface area contributed by atoms with Crippen LogP contribution >= 0.6 is 0 Å². The first-order valence-electron chi connectivity index (χ1n) is 9.35. The van der Waals surface area contributed by atoms with E-state index in [1.165, 1.54) is 0 Å². The van der Waals surface area contributed by atoms with Crippen molar-refractivity contribution >= 4 is 5.91 Å². The lowest BCUT2D eigenvalue weighted by atomic mass is 10.2. The molecule has 2 atom stereocenters. The van der Waals surface area contributed by atoms with Crippen LogP contribution in [-0.2, 0) is 29.2 Å². The fraction of sp³-hybridized carbons (Fsp3) is 0.556. The number of nitrogens with zero attached hydrogens (tertiary/aromatic N) is 5. The van der Waals surface area contributed by atoms with Gasteiger partial charge in [0.05, 0.1) is 18.8 Å². The van der Waals surface area contributed by atoms with E-state index in [9.17, 15) is 4.79 Å². The van der Waals surface area contributed by atoms with E-state index in [0.29, 0.717) is 24.7 Å². The monoisotopic (exact) mass is 388 g/mol. The van der Waals surface area contributed by atoms with Gasteiger partial charge in [0.2, 0.25) is 12.7 Å². The van der Waals surface area contributed by atoms with Crippen molar-refractivity contribution in [2.75, 3.05) is 19.9 Å².